The molecule has 0 bridgehead atoms. The number of ether oxygens (including phenoxy) is 1. The van der Waals surface area contributed by atoms with Gasteiger partial charge >= 0.3 is 0 Å². The number of amides is 1. The molecule has 190 valence electrons. The first-order chi connectivity index (χ1) is 17.3. The number of likely N-dealkylation sites (tertiary alicyclic amines) is 1. The van der Waals surface area contributed by atoms with Crippen molar-refractivity contribution in [2.45, 2.75) is 39.2 Å². The van der Waals surface area contributed by atoms with Crippen molar-refractivity contribution in [3.8, 4) is 5.75 Å². The molecule has 1 fully saturated rings. The van der Waals surface area contributed by atoms with Crippen LogP contribution in [0.5, 0.6) is 5.75 Å². The zero-order valence-electron chi connectivity index (χ0n) is 21.4. The molecule has 1 saturated heterocycles. The van der Waals surface area contributed by atoms with Crippen LogP contribution in [0.4, 0.5) is 0 Å². The van der Waals surface area contributed by atoms with E-state index in [1.165, 1.54) is 0 Å². The number of carbonyl (C=O) groups excluding carboxylic acids is 2. The number of aromatic nitrogens is 2. The third-order valence-electron chi connectivity index (χ3n) is 6.41. The Morgan fingerprint density at radius 2 is 1.94 bits per heavy atom. The van der Waals surface area contributed by atoms with Crippen molar-refractivity contribution in [2.24, 2.45) is 0 Å². The summed E-state index contributed by atoms with van der Waals surface area (Å²) >= 11 is 0. The fourth-order valence-corrected chi connectivity index (χ4v) is 4.65. The molecule has 1 aliphatic rings. The number of aliphatic hydroxyl groups excluding tert-OH is 1. The molecule has 0 aliphatic carbocycles. The van der Waals surface area contributed by atoms with Crippen LogP contribution < -0.4 is 4.74 Å². The smallest absolute Gasteiger partial charge is 0.295 e. The van der Waals surface area contributed by atoms with Gasteiger partial charge in [0.25, 0.3) is 11.7 Å². The summed E-state index contributed by atoms with van der Waals surface area (Å²) in [6.07, 6.45) is 4.43. The molecular formula is C28H34N4O4. The normalized spacial score (nSPS) is 17.5. The summed E-state index contributed by atoms with van der Waals surface area (Å²) in [5, 5.41) is 11.6. The lowest BCUT2D eigenvalue weighted by atomic mass is 9.96. The Labute approximate surface area is 211 Å². The summed E-state index contributed by atoms with van der Waals surface area (Å²) in [5.41, 5.74) is 2.44. The average Bonchev–Trinajstić information content (AvgIpc) is 3.32. The van der Waals surface area contributed by atoms with Gasteiger partial charge < -0.3 is 19.6 Å². The maximum Gasteiger partial charge on any atom is 0.295 e. The molecule has 1 amide bonds. The number of Topliss-reactive ketones (excluding diaryl/α,β-unsaturated/α-hetero) is 1. The molecule has 1 aromatic carbocycles. The number of carbonyl (C=O) groups is 2. The fraction of sp³-hybridized carbons (Fsp3) is 0.393. The topological polar surface area (TPSA) is 87.4 Å². The average molecular weight is 491 g/mol. The Hall–Kier alpha value is -3.65. The van der Waals surface area contributed by atoms with Gasteiger partial charge in [0.1, 0.15) is 17.1 Å². The number of aliphatic hydroxyl groups is 1. The molecule has 8 heteroatoms. The summed E-state index contributed by atoms with van der Waals surface area (Å²) in [6, 6.07) is 12.3. The largest absolute Gasteiger partial charge is 0.505 e. The predicted octanol–water partition coefficient (Wildman–Crippen LogP) is 4.20. The maximum absolute atomic E-state index is 13.4. The van der Waals surface area contributed by atoms with Crippen molar-refractivity contribution in [2.75, 3.05) is 33.8 Å². The molecule has 1 unspecified atom stereocenters. The van der Waals surface area contributed by atoms with Crippen LogP contribution in [0.1, 0.15) is 49.2 Å². The summed E-state index contributed by atoms with van der Waals surface area (Å²) in [4.78, 5) is 34.8. The number of nitrogens with zero attached hydrogens (tertiary/aromatic N) is 4. The van der Waals surface area contributed by atoms with E-state index in [4.69, 9.17) is 4.74 Å². The number of unbranched alkanes of at least 4 members (excludes halogenated alkanes) is 1. The van der Waals surface area contributed by atoms with Gasteiger partial charge in [0.05, 0.1) is 23.9 Å². The van der Waals surface area contributed by atoms with Gasteiger partial charge in [-0.3, -0.25) is 14.0 Å². The van der Waals surface area contributed by atoms with E-state index in [2.05, 4.69) is 11.9 Å². The first-order valence-electron chi connectivity index (χ1n) is 12.4. The second-order valence-electron chi connectivity index (χ2n) is 9.40. The molecule has 1 atom stereocenters. The zero-order valence-corrected chi connectivity index (χ0v) is 21.4. The Morgan fingerprint density at radius 1 is 1.14 bits per heavy atom. The van der Waals surface area contributed by atoms with Crippen molar-refractivity contribution in [3.63, 3.8) is 0 Å². The summed E-state index contributed by atoms with van der Waals surface area (Å²) in [6.45, 7) is 5.62. The lowest BCUT2D eigenvalue weighted by molar-refractivity contribution is -0.139. The number of rotatable bonds is 10. The minimum absolute atomic E-state index is 0.0734. The molecule has 1 aliphatic heterocycles. The Morgan fingerprint density at radius 3 is 2.69 bits per heavy atom. The monoisotopic (exact) mass is 490 g/mol. The van der Waals surface area contributed by atoms with Crippen molar-refractivity contribution in [3.05, 3.63) is 71.2 Å². The van der Waals surface area contributed by atoms with Gasteiger partial charge in [0.2, 0.25) is 0 Å². The van der Waals surface area contributed by atoms with Crippen molar-refractivity contribution >= 4 is 23.1 Å². The molecule has 2 aromatic heterocycles. The lowest BCUT2D eigenvalue weighted by Gasteiger charge is -2.26. The highest BCUT2D eigenvalue weighted by atomic mass is 16.5. The Bertz CT molecular complexity index is 1290. The van der Waals surface area contributed by atoms with E-state index in [9.17, 15) is 14.7 Å². The summed E-state index contributed by atoms with van der Waals surface area (Å²) in [5.74, 6) is -0.846. The van der Waals surface area contributed by atoms with E-state index in [1.807, 2.05) is 61.5 Å². The van der Waals surface area contributed by atoms with Crippen LogP contribution in [-0.4, -0.2) is 69.8 Å². The number of hydrogen-bond acceptors (Lipinski definition) is 6. The van der Waals surface area contributed by atoms with Gasteiger partial charge in [-0.25, -0.2) is 4.98 Å². The number of fused-ring (bicyclic) bond motifs is 1. The van der Waals surface area contributed by atoms with Crippen LogP contribution in [-0.2, 0) is 9.59 Å². The van der Waals surface area contributed by atoms with E-state index in [-0.39, 0.29) is 11.3 Å². The number of pyridine rings is 1. The predicted molar refractivity (Wildman–Crippen MR) is 139 cm³/mol. The van der Waals surface area contributed by atoms with Crippen LogP contribution in [0.15, 0.2) is 54.2 Å². The molecule has 1 N–H and O–H groups in total. The van der Waals surface area contributed by atoms with Gasteiger partial charge in [-0.2, -0.15) is 0 Å². The van der Waals surface area contributed by atoms with E-state index in [1.54, 1.807) is 22.4 Å². The van der Waals surface area contributed by atoms with Gasteiger partial charge in [-0.05, 0) is 70.2 Å². The number of aryl methyl sites for hydroxylation is 1. The second kappa shape index (κ2) is 11.0. The number of ketones is 1. The lowest BCUT2D eigenvalue weighted by Crippen LogP contribution is -2.32. The minimum atomic E-state index is -0.726. The summed E-state index contributed by atoms with van der Waals surface area (Å²) < 4.78 is 7.65. The highest BCUT2D eigenvalue weighted by molar-refractivity contribution is 6.46. The molecule has 8 nitrogen and oxygen atoms in total. The minimum Gasteiger partial charge on any atom is -0.505 e. The SMILES string of the molecule is CCCCOc1cccc(C2/C(=C(\O)c3c(C)nc4ccccn34)C(=O)C(=O)N2CCCN(C)C)c1. The molecule has 0 spiro atoms. The number of benzene rings is 1. The Balaban J connectivity index is 1.83. The fourth-order valence-electron chi connectivity index (χ4n) is 4.65. The third-order valence-corrected chi connectivity index (χ3v) is 6.41. The standard InChI is InChI=1S/C28H34N4O4/c1-5-6-17-36-21-12-9-11-20(18-21)25-23(27(34)28(35)32(25)16-10-14-30(3)4)26(33)24-19(2)29-22-13-7-8-15-31(22)24/h7-9,11-13,15,18,25,33H,5-6,10,14,16-17H2,1-4H3/b26-23+. The van der Waals surface area contributed by atoms with Gasteiger partial charge in [-0.15, -0.1) is 0 Å². The molecule has 3 heterocycles. The number of imidazole rings is 1. The highest BCUT2D eigenvalue weighted by Crippen LogP contribution is 2.40. The van der Waals surface area contributed by atoms with Crippen molar-refractivity contribution in [1.29, 1.82) is 0 Å². The Kier molecular flexibility index (Phi) is 7.74. The van der Waals surface area contributed by atoms with Crippen LogP contribution in [0.2, 0.25) is 0 Å². The molecule has 36 heavy (non-hydrogen) atoms. The number of hydrogen-bond donors (Lipinski definition) is 1. The van der Waals surface area contributed by atoms with Gasteiger partial charge in [0, 0.05) is 12.7 Å². The molecule has 3 aromatic rings. The highest BCUT2D eigenvalue weighted by Gasteiger charge is 2.46. The first-order valence-corrected chi connectivity index (χ1v) is 12.4. The van der Waals surface area contributed by atoms with E-state index < -0.39 is 17.7 Å². The third kappa shape index (κ3) is 4.99. The van der Waals surface area contributed by atoms with Crippen LogP contribution in [0.25, 0.3) is 11.4 Å². The van der Waals surface area contributed by atoms with Crippen LogP contribution in [0, 0.1) is 6.92 Å². The molecule has 4 rings (SSSR count). The first kappa shape index (κ1) is 25.4. The van der Waals surface area contributed by atoms with Crippen LogP contribution >= 0.6 is 0 Å². The van der Waals surface area contributed by atoms with Gasteiger partial charge in [-0.1, -0.05) is 31.5 Å². The maximum atomic E-state index is 13.4. The van der Waals surface area contributed by atoms with E-state index in [0.29, 0.717) is 42.4 Å². The summed E-state index contributed by atoms with van der Waals surface area (Å²) in [7, 11) is 3.94. The molecule has 0 radical (unpaired) electrons. The molecular weight excluding hydrogens is 456 g/mol. The van der Waals surface area contributed by atoms with E-state index in [0.717, 1.165) is 24.9 Å². The van der Waals surface area contributed by atoms with Crippen LogP contribution in [0.3, 0.4) is 0 Å². The van der Waals surface area contributed by atoms with Gasteiger partial charge in [0.15, 0.2) is 5.76 Å². The zero-order chi connectivity index (χ0) is 25.8. The van der Waals surface area contributed by atoms with E-state index >= 15 is 0 Å². The van der Waals surface area contributed by atoms with Crippen molar-refractivity contribution in [1.82, 2.24) is 19.2 Å². The molecule has 0 saturated carbocycles. The second-order valence-corrected chi connectivity index (χ2v) is 9.40. The van der Waals surface area contributed by atoms with Crippen molar-refractivity contribution < 1.29 is 19.4 Å². The quantitative estimate of drug-likeness (QED) is 0.198.